The summed E-state index contributed by atoms with van der Waals surface area (Å²) in [6.45, 7) is 5.81. The van der Waals surface area contributed by atoms with Gasteiger partial charge in [-0.05, 0) is 56.9 Å². The molecule has 3 nitrogen and oxygen atoms in total. The van der Waals surface area contributed by atoms with E-state index in [-0.39, 0.29) is 0 Å². The van der Waals surface area contributed by atoms with Crippen molar-refractivity contribution < 1.29 is 4.74 Å². The predicted molar refractivity (Wildman–Crippen MR) is 77.5 cm³/mol. The Kier molecular flexibility index (Phi) is 4.36. The molecule has 1 N–H and O–H groups in total. The van der Waals surface area contributed by atoms with Crippen LogP contribution in [0.2, 0.25) is 0 Å². The zero-order chi connectivity index (χ0) is 12.9. The Hall–Kier alpha value is -1.06. The monoisotopic (exact) mass is 260 g/mol. The fourth-order valence-electron chi connectivity index (χ4n) is 3.34. The lowest BCUT2D eigenvalue weighted by Crippen LogP contribution is -2.34. The van der Waals surface area contributed by atoms with Crippen molar-refractivity contribution in [2.45, 2.75) is 25.3 Å². The van der Waals surface area contributed by atoms with E-state index >= 15 is 0 Å². The molecular formula is C16H24N2O. The minimum atomic E-state index is 0.815. The molecule has 2 heterocycles. The highest BCUT2D eigenvalue weighted by molar-refractivity contribution is 5.20. The number of para-hydroxylation sites is 1. The lowest BCUT2D eigenvalue weighted by molar-refractivity contribution is 0.234. The van der Waals surface area contributed by atoms with Gasteiger partial charge in [0.1, 0.15) is 5.75 Å². The number of nitrogens with one attached hydrogen (secondary N) is 1. The van der Waals surface area contributed by atoms with E-state index in [1.165, 1.54) is 39.0 Å². The topological polar surface area (TPSA) is 24.5 Å². The Morgan fingerprint density at radius 1 is 1.16 bits per heavy atom. The fraction of sp³-hybridized carbons (Fsp3) is 0.625. The molecule has 1 aromatic carbocycles. The van der Waals surface area contributed by atoms with Crippen LogP contribution in [0.5, 0.6) is 5.75 Å². The average molecular weight is 260 g/mol. The Morgan fingerprint density at radius 3 is 2.95 bits per heavy atom. The number of hydrogen-bond acceptors (Lipinski definition) is 3. The standard InChI is InChI=1S/C16H24N2O/c1-2-6-15(7-3-1)19-11-5-4-9-18-10-8-14-12-17-13-16(14)18/h1-3,6-7,14,16-17H,4-5,8-13H2/t14-,16+/m0/s1. The van der Waals surface area contributed by atoms with Gasteiger partial charge in [0.15, 0.2) is 0 Å². The molecule has 0 bridgehead atoms. The fourth-order valence-corrected chi connectivity index (χ4v) is 3.34. The lowest BCUT2D eigenvalue weighted by atomic mass is 10.1. The molecule has 104 valence electrons. The summed E-state index contributed by atoms with van der Waals surface area (Å²) in [6, 6.07) is 10.9. The molecule has 0 spiro atoms. The first-order valence-electron chi connectivity index (χ1n) is 7.56. The Bertz CT molecular complexity index is 382. The molecule has 0 aromatic heterocycles. The van der Waals surface area contributed by atoms with Gasteiger partial charge in [0.05, 0.1) is 6.61 Å². The van der Waals surface area contributed by atoms with Crippen LogP contribution < -0.4 is 10.1 Å². The van der Waals surface area contributed by atoms with Gasteiger partial charge >= 0.3 is 0 Å². The summed E-state index contributed by atoms with van der Waals surface area (Å²) in [4.78, 5) is 2.67. The highest BCUT2D eigenvalue weighted by Crippen LogP contribution is 2.27. The Balaban J connectivity index is 1.31. The van der Waals surface area contributed by atoms with Gasteiger partial charge in [0.2, 0.25) is 0 Å². The van der Waals surface area contributed by atoms with Gasteiger partial charge < -0.3 is 10.1 Å². The summed E-state index contributed by atoms with van der Waals surface area (Å²) in [5.41, 5.74) is 0. The van der Waals surface area contributed by atoms with E-state index in [1.54, 1.807) is 0 Å². The van der Waals surface area contributed by atoms with Crippen LogP contribution >= 0.6 is 0 Å². The second-order valence-corrected chi connectivity index (χ2v) is 5.68. The van der Waals surface area contributed by atoms with Crippen molar-refractivity contribution in [1.82, 2.24) is 10.2 Å². The number of benzene rings is 1. The van der Waals surface area contributed by atoms with Crippen molar-refractivity contribution >= 4 is 0 Å². The number of hydrogen-bond donors (Lipinski definition) is 1. The van der Waals surface area contributed by atoms with E-state index < -0.39 is 0 Å². The quantitative estimate of drug-likeness (QED) is 0.793. The highest BCUT2D eigenvalue weighted by Gasteiger charge is 2.36. The molecule has 3 heteroatoms. The van der Waals surface area contributed by atoms with Crippen LogP contribution in [0.25, 0.3) is 0 Å². The Morgan fingerprint density at radius 2 is 2.05 bits per heavy atom. The van der Waals surface area contributed by atoms with Crippen LogP contribution in [-0.4, -0.2) is 43.7 Å². The van der Waals surface area contributed by atoms with Crippen molar-refractivity contribution in [2.75, 3.05) is 32.8 Å². The third-order valence-electron chi connectivity index (χ3n) is 4.41. The number of likely N-dealkylation sites (tertiary alicyclic amines) is 1. The SMILES string of the molecule is c1ccc(OCCCCN2CC[C@H]3CNC[C@H]32)cc1. The molecule has 2 aliphatic heterocycles. The predicted octanol–water partition coefficient (Wildman–Crippen LogP) is 2.14. The first-order chi connectivity index (χ1) is 9.43. The molecule has 0 aliphatic carbocycles. The molecule has 0 amide bonds. The maximum Gasteiger partial charge on any atom is 0.119 e. The van der Waals surface area contributed by atoms with Crippen LogP contribution in [0, 0.1) is 5.92 Å². The van der Waals surface area contributed by atoms with E-state index in [9.17, 15) is 0 Å². The van der Waals surface area contributed by atoms with Gasteiger partial charge in [0, 0.05) is 12.6 Å². The summed E-state index contributed by atoms with van der Waals surface area (Å²) in [6.07, 6.45) is 3.78. The summed E-state index contributed by atoms with van der Waals surface area (Å²) < 4.78 is 5.73. The van der Waals surface area contributed by atoms with Gasteiger partial charge in [-0.2, -0.15) is 0 Å². The minimum Gasteiger partial charge on any atom is -0.494 e. The van der Waals surface area contributed by atoms with E-state index in [4.69, 9.17) is 4.74 Å². The van der Waals surface area contributed by atoms with E-state index in [2.05, 4.69) is 10.2 Å². The van der Waals surface area contributed by atoms with Gasteiger partial charge in [-0.25, -0.2) is 0 Å². The molecule has 1 aromatic rings. The third-order valence-corrected chi connectivity index (χ3v) is 4.41. The van der Waals surface area contributed by atoms with Gasteiger partial charge in [0.25, 0.3) is 0 Å². The zero-order valence-corrected chi connectivity index (χ0v) is 11.6. The molecular weight excluding hydrogens is 236 g/mol. The first-order valence-corrected chi connectivity index (χ1v) is 7.56. The molecule has 0 saturated carbocycles. The largest absolute Gasteiger partial charge is 0.494 e. The van der Waals surface area contributed by atoms with Gasteiger partial charge in [-0.3, -0.25) is 4.90 Å². The first kappa shape index (κ1) is 12.9. The van der Waals surface area contributed by atoms with Crippen molar-refractivity contribution in [2.24, 2.45) is 5.92 Å². The van der Waals surface area contributed by atoms with Crippen LogP contribution in [0.4, 0.5) is 0 Å². The van der Waals surface area contributed by atoms with Crippen LogP contribution in [-0.2, 0) is 0 Å². The number of unbranched alkanes of at least 4 members (excludes halogenated alkanes) is 1. The third kappa shape index (κ3) is 3.28. The highest BCUT2D eigenvalue weighted by atomic mass is 16.5. The summed E-state index contributed by atoms with van der Waals surface area (Å²) >= 11 is 0. The molecule has 0 unspecified atom stereocenters. The molecule has 2 atom stereocenters. The van der Waals surface area contributed by atoms with Crippen molar-refractivity contribution in [1.29, 1.82) is 0 Å². The zero-order valence-electron chi connectivity index (χ0n) is 11.6. The second kappa shape index (κ2) is 6.40. The van der Waals surface area contributed by atoms with E-state index in [1.807, 2.05) is 30.3 Å². The Labute approximate surface area is 115 Å². The maximum absolute atomic E-state index is 5.73. The number of nitrogens with zero attached hydrogens (tertiary/aromatic N) is 1. The molecule has 2 aliphatic rings. The smallest absolute Gasteiger partial charge is 0.119 e. The van der Waals surface area contributed by atoms with Crippen LogP contribution in [0.1, 0.15) is 19.3 Å². The van der Waals surface area contributed by atoms with Gasteiger partial charge in [-0.1, -0.05) is 18.2 Å². The number of rotatable bonds is 6. The summed E-state index contributed by atoms with van der Waals surface area (Å²) in [5, 5.41) is 3.51. The maximum atomic E-state index is 5.73. The second-order valence-electron chi connectivity index (χ2n) is 5.68. The summed E-state index contributed by atoms with van der Waals surface area (Å²) in [7, 11) is 0. The van der Waals surface area contributed by atoms with Crippen LogP contribution in [0.3, 0.4) is 0 Å². The molecule has 2 saturated heterocycles. The van der Waals surface area contributed by atoms with Gasteiger partial charge in [-0.15, -0.1) is 0 Å². The number of fused-ring (bicyclic) bond motifs is 1. The van der Waals surface area contributed by atoms with Crippen LogP contribution in [0.15, 0.2) is 30.3 Å². The van der Waals surface area contributed by atoms with Crippen molar-refractivity contribution in [3.63, 3.8) is 0 Å². The van der Waals surface area contributed by atoms with Crippen molar-refractivity contribution in [3.8, 4) is 5.75 Å². The van der Waals surface area contributed by atoms with E-state index in [0.29, 0.717) is 0 Å². The number of ether oxygens (including phenoxy) is 1. The van der Waals surface area contributed by atoms with Crippen molar-refractivity contribution in [3.05, 3.63) is 30.3 Å². The summed E-state index contributed by atoms with van der Waals surface area (Å²) in [5.74, 6) is 1.91. The normalized spacial score (nSPS) is 26.5. The molecule has 0 radical (unpaired) electrons. The van der Waals surface area contributed by atoms with E-state index in [0.717, 1.165) is 30.7 Å². The molecule has 2 fully saturated rings. The minimum absolute atomic E-state index is 0.815. The molecule has 3 rings (SSSR count). The average Bonchev–Trinajstić information content (AvgIpc) is 3.04. The molecule has 19 heavy (non-hydrogen) atoms. The lowest BCUT2D eigenvalue weighted by Gasteiger charge is -2.22.